The summed E-state index contributed by atoms with van der Waals surface area (Å²) in [5.41, 5.74) is -0.157. The number of halogens is 2. The summed E-state index contributed by atoms with van der Waals surface area (Å²) in [6.07, 6.45) is 4.51. The van der Waals surface area contributed by atoms with Crippen LogP contribution in [0.5, 0.6) is 0 Å². The minimum Gasteiger partial charge on any atom is -0.459 e. The zero-order chi connectivity index (χ0) is 15.6. The fourth-order valence-electron chi connectivity index (χ4n) is 2.33. The molecule has 1 aliphatic rings. The lowest BCUT2D eigenvalue weighted by Gasteiger charge is -2.22. The van der Waals surface area contributed by atoms with Crippen LogP contribution in [0.4, 0.5) is 0 Å². The third-order valence-corrected chi connectivity index (χ3v) is 5.17. The monoisotopic (exact) mass is 351 g/mol. The van der Waals surface area contributed by atoms with Gasteiger partial charge >= 0.3 is 5.97 Å². The summed E-state index contributed by atoms with van der Waals surface area (Å²) in [5.74, 6) is -0.720. The summed E-state index contributed by atoms with van der Waals surface area (Å²) in [4.78, 5) is 11.9. The summed E-state index contributed by atoms with van der Waals surface area (Å²) in [6, 6.07) is 2.43. The molecule has 5 nitrogen and oxygen atoms in total. The van der Waals surface area contributed by atoms with Crippen LogP contribution in [-0.4, -0.2) is 20.5 Å². The molecule has 0 aliphatic heterocycles. The molecule has 0 radical (unpaired) electrons. The number of rotatable bonds is 3. The zero-order valence-electron chi connectivity index (χ0n) is 11.1. The lowest BCUT2D eigenvalue weighted by molar-refractivity contribution is 0.0211. The second kappa shape index (κ2) is 6.52. The van der Waals surface area contributed by atoms with Gasteiger partial charge in [-0.25, -0.2) is 18.4 Å². The lowest BCUT2D eigenvalue weighted by atomic mass is 9.98. The molecule has 2 N–H and O–H groups in total. The quantitative estimate of drug-likeness (QED) is 0.847. The highest BCUT2D eigenvalue weighted by atomic mass is 35.5. The molecule has 0 saturated heterocycles. The molecule has 0 unspecified atom stereocenters. The molecule has 1 aromatic rings. The van der Waals surface area contributed by atoms with E-state index in [9.17, 15) is 13.2 Å². The van der Waals surface area contributed by atoms with Crippen LogP contribution >= 0.6 is 23.2 Å². The summed E-state index contributed by atoms with van der Waals surface area (Å²) in [5, 5.41) is 4.79. The van der Waals surface area contributed by atoms with E-state index >= 15 is 0 Å². The Labute approximate surface area is 133 Å². The fraction of sp³-hybridized carbons (Fsp3) is 0.462. The van der Waals surface area contributed by atoms with Crippen molar-refractivity contribution < 1.29 is 17.9 Å². The van der Waals surface area contributed by atoms with Gasteiger partial charge in [0.2, 0.25) is 10.0 Å². The van der Waals surface area contributed by atoms with Gasteiger partial charge in [-0.2, -0.15) is 0 Å². The van der Waals surface area contributed by atoms with Gasteiger partial charge in [-0.15, -0.1) is 0 Å². The largest absolute Gasteiger partial charge is 0.459 e. The molecule has 2 rings (SSSR count). The Bertz CT molecular complexity index is 654. The summed E-state index contributed by atoms with van der Waals surface area (Å²) >= 11 is 11.9. The average molecular weight is 352 g/mol. The van der Waals surface area contributed by atoms with E-state index in [4.69, 9.17) is 33.1 Å². The Morgan fingerprint density at radius 3 is 2.38 bits per heavy atom. The molecule has 0 bridgehead atoms. The van der Waals surface area contributed by atoms with Crippen molar-refractivity contribution in [2.24, 2.45) is 5.14 Å². The number of sulfonamides is 1. The van der Waals surface area contributed by atoms with E-state index in [-0.39, 0.29) is 26.6 Å². The number of carbonyl (C=O) groups excluding carboxylic acids is 1. The van der Waals surface area contributed by atoms with E-state index in [1.54, 1.807) is 0 Å². The molecule has 0 aromatic heterocycles. The standard InChI is InChI=1S/C13H15Cl2NO4S/c14-9-6-7-10(21(16,18)19)12(15)11(9)13(17)20-8-4-2-1-3-5-8/h6-8H,1-5H2,(H2,16,18,19). The van der Waals surface area contributed by atoms with Crippen LogP contribution in [0.15, 0.2) is 17.0 Å². The fourth-order valence-corrected chi connectivity index (χ4v) is 3.79. The molecule has 0 amide bonds. The number of benzene rings is 1. The smallest absolute Gasteiger partial charge is 0.341 e. The van der Waals surface area contributed by atoms with Crippen LogP contribution in [0.25, 0.3) is 0 Å². The highest BCUT2D eigenvalue weighted by molar-refractivity contribution is 7.89. The first-order valence-electron chi connectivity index (χ1n) is 6.52. The minimum atomic E-state index is -4.04. The normalized spacial score (nSPS) is 16.7. The molecular weight excluding hydrogens is 337 g/mol. The van der Waals surface area contributed by atoms with E-state index in [1.165, 1.54) is 6.07 Å². The SMILES string of the molecule is NS(=O)(=O)c1ccc(Cl)c(C(=O)OC2CCCCC2)c1Cl. The van der Waals surface area contributed by atoms with E-state index in [0.29, 0.717) is 0 Å². The zero-order valence-corrected chi connectivity index (χ0v) is 13.5. The first-order chi connectivity index (χ1) is 9.80. The van der Waals surface area contributed by atoms with Crippen molar-refractivity contribution >= 4 is 39.2 Å². The first-order valence-corrected chi connectivity index (χ1v) is 8.82. The second-order valence-corrected chi connectivity index (χ2v) is 7.26. The van der Waals surface area contributed by atoms with Crippen molar-refractivity contribution in [1.82, 2.24) is 0 Å². The summed E-state index contributed by atoms with van der Waals surface area (Å²) < 4.78 is 28.2. The molecule has 1 saturated carbocycles. The van der Waals surface area contributed by atoms with Gasteiger partial charge in [0.1, 0.15) is 11.0 Å². The van der Waals surface area contributed by atoms with Gasteiger partial charge in [0.05, 0.1) is 15.6 Å². The van der Waals surface area contributed by atoms with Crippen LogP contribution in [0.2, 0.25) is 10.0 Å². The van der Waals surface area contributed by atoms with Crippen molar-refractivity contribution in [3.05, 3.63) is 27.7 Å². The number of primary sulfonamides is 1. The Kier molecular flexibility index (Phi) is 5.14. The maximum Gasteiger partial charge on any atom is 0.341 e. The third-order valence-electron chi connectivity index (χ3n) is 3.39. The number of hydrogen-bond donors (Lipinski definition) is 1. The Balaban J connectivity index is 2.32. The minimum absolute atomic E-state index is 0.0354. The van der Waals surface area contributed by atoms with E-state index in [0.717, 1.165) is 38.2 Å². The second-order valence-electron chi connectivity index (χ2n) is 4.94. The number of hydrogen-bond acceptors (Lipinski definition) is 4. The Morgan fingerprint density at radius 2 is 1.81 bits per heavy atom. The summed E-state index contributed by atoms with van der Waals surface area (Å²) in [7, 11) is -4.04. The first kappa shape index (κ1) is 16.5. The number of esters is 1. The number of carbonyl (C=O) groups is 1. The molecule has 0 heterocycles. The maximum absolute atomic E-state index is 12.2. The van der Waals surface area contributed by atoms with E-state index in [2.05, 4.69) is 0 Å². The van der Waals surface area contributed by atoms with Gasteiger partial charge in [0, 0.05) is 0 Å². The number of ether oxygens (including phenoxy) is 1. The molecule has 1 aliphatic carbocycles. The topological polar surface area (TPSA) is 86.5 Å². The van der Waals surface area contributed by atoms with Crippen molar-refractivity contribution in [3.8, 4) is 0 Å². The van der Waals surface area contributed by atoms with Crippen LogP contribution < -0.4 is 5.14 Å². The van der Waals surface area contributed by atoms with Gasteiger partial charge in [-0.1, -0.05) is 29.6 Å². The Morgan fingerprint density at radius 1 is 1.19 bits per heavy atom. The highest BCUT2D eigenvalue weighted by Gasteiger charge is 2.26. The highest BCUT2D eigenvalue weighted by Crippen LogP contribution is 2.32. The van der Waals surface area contributed by atoms with Crippen LogP contribution in [0.3, 0.4) is 0 Å². The molecule has 1 fully saturated rings. The molecule has 116 valence electrons. The van der Waals surface area contributed by atoms with Gasteiger partial charge in [-0.05, 0) is 37.8 Å². The molecule has 8 heteroatoms. The average Bonchev–Trinajstić information content (AvgIpc) is 2.38. The van der Waals surface area contributed by atoms with Crippen molar-refractivity contribution in [2.75, 3.05) is 0 Å². The van der Waals surface area contributed by atoms with Crippen LogP contribution in [0, 0.1) is 0 Å². The van der Waals surface area contributed by atoms with Crippen LogP contribution in [-0.2, 0) is 14.8 Å². The molecule has 0 spiro atoms. The predicted molar refractivity (Wildman–Crippen MR) is 80.1 cm³/mol. The van der Waals surface area contributed by atoms with Crippen molar-refractivity contribution in [1.29, 1.82) is 0 Å². The van der Waals surface area contributed by atoms with Crippen molar-refractivity contribution in [3.63, 3.8) is 0 Å². The maximum atomic E-state index is 12.2. The number of nitrogens with two attached hydrogens (primary N) is 1. The molecule has 21 heavy (non-hydrogen) atoms. The molecular formula is C13H15Cl2NO4S. The third kappa shape index (κ3) is 3.88. The molecule has 1 aromatic carbocycles. The van der Waals surface area contributed by atoms with Gasteiger partial charge in [0.25, 0.3) is 0 Å². The van der Waals surface area contributed by atoms with Crippen LogP contribution in [0.1, 0.15) is 42.5 Å². The lowest BCUT2D eigenvalue weighted by Crippen LogP contribution is -2.22. The van der Waals surface area contributed by atoms with Gasteiger partial charge < -0.3 is 4.74 Å². The Hall–Kier alpha value is -0.820. The van der Waals surface area contributed by atoms with E-state index < -0.39 is 16.0 Å². The van der Waals surface area contributed by atoms with Crippen molar-refractivity contribution in [2.45, 2.75) is 43.1 Å². The summed E-state index contributed by atoms with van der Waals surface area (Å²) in [6.45, 7) is 0. The van der Waals surface area contributed by atoms with Gasteiger partial charge in [-0.3, -0.25) is 0 Å². The van der Waals surface area contributed by atoms with Gasteiger partial charge in [0.15, 0.2) is 0 Å². The van der Waals surface area contributed by atoms with E-state index in [1.807, 2.05) is 0 Å². The predicted octanol–water partition coefficient (Wildman–Crippen LogP) is 3.13. The molecule has 0 atom stereocenters.